The summed E-state index contributed by atoms with van der Waals surface area (Å²) in [6.07, 6.45) is 8.45. The number of carbonyl (C=O) groups excluding carboxylic acids is 1. The Hall–Kier alpha value is -0.260. The minimum Gasteiger partial charge on any atom is -0.384 e. The quantitative estimate of drug-likeness (QED) is 0.864. The third-order valence-electron chi connectivity index (χ3n) is 5.74. The van der Waals surface area contributed by atoms with E-state index >= 15 is 0 Å². The van der Waals surface area contributed by atoms with Gasteiger partial charge in [-0.1, -0.05) is 19.3 Å². The average molecular weight is 327 g/mol. The number of carbonyl (C=O) groups is 1. The third-order valence-corrected chi connectivity index (χ3v) is 7.27. The van der Waals surface area contributed by atoms with E-state index in [2.05, 4.69) is 22.0 Å². The zero-order valence-electron chi connectivity index (χ0n) is 13.9. The molecule has 0 aromatic heterocycles. The second-order valence-corrected chi connectivity index (χ2v) is 8.85. The first-order valence-electron chi connectivity index (χ1n) is 8.83. The van der Waals surface area contributed by atoms with Crippen LogP contribution in [0.2, 0.25) is 0 Å². The van der Waals surface area contributed by atoms with Crippen molar-refractivity contribution in [3.63, 3.8) is 0 Å². The van der Waals surface area contributed by atoms with Gasteiger partial charge in [0.1, 0.15) is 0 Å². The summed E-state index contributed by atoms with van der Waals surface area (Å²) in [6.45, 7) is 4.33. The molecule has 3 aliphatic rings. The number of hydrogen-bond acceptors (Lipinski definition) is 4. The van der Waals surface area contributed by atoms with Gasteiger partial charge in [-0.3, -0.25) is 4.79 Å². The van der Waals surface area contributed by atoms with E-state index in [0.29, 0.717) is 17.3 Å². The number of methoxy groups -OCH3 is 1. The number of piperidine rings is 1. The van der Waals surface area contributed by atoms with E-state index in [0.717, 1.165) is 44.8 Å². The Labute approximate surface area is 138 Å². The molecule has 1 amide bonds. The number of rotatable bonds is 3. The van der Waals surface area contributed by atoms with Crippen LogP contribution < -0.4 is 5.32 Å². The van der Waals surface area contributed by atoms with Crippen LogP contribution in [0.15, 0.2) is 0 Å². The summed E-state index contributed by atoms with van der Waals surface area (Å²) in [4.78, 5) is 15.5. The van der Waals surface area contributed by atoms with Crippen LogP contribution in [0, 0.1) is 5.41 Å². The molecule has 0 aromatic carbocycles. The molecule has 126 valence electrons. The van der Waals surface area contributed by atoms with Gasteiger partial charge in [-0.15, -0.1) is 0 Å². The van der Waals surface area contributed by atoms with Crippen molar-refractivity contribution >= 4 is 17.7 Å². The molecule has 1 N–H and O–H groups in total. The van der Waals surface area contributed by atoms with Crippen LogP contribution in [0.4, 0.5) is 0 Å². The standard InChI is InChI=1S/C17H30N2O2S/c1-21-14-16(7-9-18-10-8-16)15(20)19-11-12-22-17(13-19)5-3-2-4-6-17/h18H,2-14H2,1H3. The summed E-state index contributed by atoms with van der Waals surface area (Å²) in [5.41, 5.74) is -0.280. The molecule has 2 aliphatic heterocycles. The SMILES string of the molecule is COCC1(C(=O)N2CCSC3(CCCCC3)C2)CCNCC1. The summed E-state index contributed by atoms with van der Waals surface area (Å²) >= 11 is 2.13. The van der Waals surface area contributed by atoms with Gasteiger partial charge in [-0.25, -0.2) is 0 Å². The van der Waals surface area contributed by atoms with Crippen molar-refractivity contribution < 1.29 is 9.53 Å². The highest BCUT2D eigenvalue weighted by atomic mass is 32.2. The Morgan fingerprint density at radius 2 is 1.91 bits per heavy atom. The van der Waals surface area contributed by atoms with Gasteiger partial charge in [0.2, 0.25) is 5.91 Å². The van der Waals surface area contributed by atoms with E-state index in [1.54, 1.807) is 7.11 Å². The molecular weight excluding hydrogens is 296 g/mol. The largest absolute Gasteiger partial charge is 0.384 e. The maximum Gasteiger partial charge on any atom is 0.231 e. The van der Waals surface area contributed by atoms with Crippen LogP contribution in [-0.2, 0) is 9.53 Å². The zero-order valence-corrected chi connectivity index (χ0v) is 14.7. The van der Waals surface area contributed by atoms with Gasteiger partial charge in [0.05, 0.1) is 12.0 Å². The molecule has 3 fully saturated rings. The highest BCUT2D eigenvalue weighted by molar-refractivity contribution is 8.00. The van der Waals surface area contributed by atoms with Gasteiger partial charge >= 0.3 is 0 Å². The highest BCUT2D eigenvalue weighted by Crippen LogP contribution is 2.44. The van der Waals surface area contributed by atoms with Gasteiger partial charge < -0.3 is 15.0 Å². The number of ether oxygens (including phenoxy) is 1. The molecule has 2 heterocycles. The van der Waals surface area contributed by atoms with Crippen molar-refractivity contribution in [2.24, 2.45) is 5.41 Å². The summed E-state index contributed by atoms with van der Waals surface area (Å²) < 4.78 is 5.81. The molecule has 1 aliphatic carbocycles. The molecule has 0 atom stereocenters. The molecule has 0 aromatic rings. The van der Waals surface area contributed by atoms with Gasteiger partial charge in [0.25, 0.3) is 0 Å². The van der Waals surface area contributed by atoms with Crippen LogP contribution in [0.5, 0.6) is 0 Å². The Morgan fingerprint density at radius 1 is 1.18 bits per heavy atom. The highest BCUT2D eigenvalue weighted by Gasteiger charge is 2.46. The van der Waals surface area contributed by atoms with Gasteiger partial charge in [0.15, 0.2) is 0 Å². The summed E-state index contributed by atoms with van der Waals surface area (Å²) in [5.74, 6) is 1.47. The lowest BCUT2D eigenvalue weighted by Gasteiger charge is -2.48. The number of nitrogens with one attached hydrogen (secondary N) is 1. The normalized spacial score (nSPS) is 27.8. The lowest BCUT2D eigenvalue weighted by molar-refractivity contribution is -0.148. The molecule has 0 unspecified atom stereocenters. The van der Waals surface area contributed by atoms with Gasteiger partial charge in [0, 0.05) is 30.7 Å². The molecular formula is C17H30N2O2S. The number of hydrogen-bond donors (Lipinski definition) is 1. The fourth-order valence-corrected chi connectivity index (χ4v) is 6.02. The lowest BCUT2D eigenvalue weighted by atomic mass is 9.77. The first kappa shape index (κ1) is 16.6. The molecule has 2 saturated heterocycles. The molecule has 22 heavy (non-hydrogen) atoms. The van der Waals surface area contributed by atoms with Crippen LogP contribution in [-0.4, -0.2) is 61.2 Å². The van der Waals surface area contributed by atoms with Crippen molar-refractivity contribution in [1.29, 1.82) is 0 Å². The number of amides is 1. The molecule has 1 spiro atoms. The molecule has 1 saturated carbocycles. The van der Waals surface area contributed by atoms with Crippen molar-refractivity contribution in [2.45, 2.75) is 49.7 Å². The van der Waals surface area contributed by atoms with Crippen LogP contribution >= 0.6 is 11.8 Å². The van der Waals surface area contributed by atoms with Crippen LogP contribution in [0.1, 0.15) is 44.9 Å². The maximum atomic E-state index is 13.3. The van der Waals surface area contributed by atoms with Gasteiger partial charge in [-0.05, 0) is 38.8 Å². The van der Waals surface area contributed by atoms with Crippen LogP contribution in [0.25, 0.3) is 0 Å². The predicted molar refractivity (Wildman–Crippen MR) is 91.3 cm³/mol. The van der Waals surface area contributed by atoms with E-state index in [1.807, 2.05) is 0 Å². The first-order chi connectivity index (χ1) is 10.7. The van der Waals surface area contributed by atoms with Crippen molar-refractivity contribution in [3.05, 3.63) is 0 Å². The molecule has 0 radical (unpaired) electrons. The van der Waals surface area contributed by atoms with Crippen molar-refractivity contribution in [1.82, 2.24) is 10.2 Å². The van der Waals surface area contributed by atoms with E-state index in [-0.39, 0.29) is 5.41 Å². The monoisotopic (exact) mass is 326 g/mol. The molecule has 5 heteroatoms. The molecule has 3 rings (SSSR count). The van der Waals surface area contributed by atoms with E-state index in [4.69, 9.17) is 4.74 Å². The Kier molecular flexibility index (Phi) is 5.35. The van der Waals surface area contributed by atoms with Crippen molar-refractivity contribution in [2.75, 3.05) is 45.6 Å². The Morgan fingerprint density at radius 3 is 2.59 bits per heavy atom. The van der Waals surface area contributed by atoms with Crippen molar-refractivity contribution in [3.8, 4) is 0 Å². The summed E-state index contributed by atoms with van der Waals surface area (Å²) in [7, 11) is 1.73. The third kappa shape index (κ3) is 3.31. The average Bonchev–Trinajstić information content (AvgIpc) is 2.56. The van der Waals surface area contributed by atoms with Gasteiger partial charge in [-0.2, -0.15) is 11.8 Å². The predicted octanol–water partition coefficient (Wildman–Crippen LogP) is 2.28. The summed E-state index contributed by atoms with van der Waals surface area (Å²) in [6, 6.07) is 0. The lowest BCUT2D eigenvalue weighted by Crippen LogP contribution is -2.57. The minimum absolute atomic E-state index is 0.280. The fraction of sp³-hybridized carbons (Fsp3) is 0.941. The number of nitrogens with zero attached hydrogens (tertiary/aromatic N) is 1. The number of thioether (sulfide) groups is 1. The van der Waals surface area contributed by atoms with Crippen LogP contribution in [0.3, 0.4) is 0 Å². The fourth-order valence-electron chi connectivity index (χ4n) is 4.45. The second-order valence-electron chi connectivity index (χ2n) is 7.28. The van der Waals surface area contributed by atoms with E-state index < -0.39 is 0 Å². The minimum atomic E-state index is -0.280. The smallest absolute Gasteiger partial charge is 0.231 e. The zero-order chi connectivity index (χ0) is 15.5. The Bertz CT molecular complexity index is 379. The van der Waals surface area contributed by atoms with E-state index in [1.165, 1.54) is 32.1 Å². The Balaban J connectivity index is 1.72. The van der Waals surface area contributed by atoms with E-state index in [9.17, 15) is 4.79 Å². The second kappa shape index (κ2) is 7.10. The molecule has 4 nitrogen and oxygen atoms in total. The maximum absolute atomic E-state index is 13.3. The summed E-state index contributed by atoms with van der Waals surface area (Å²) in [5, 5.41) is 3.38. The first-order valence-corrected chi connectivity index (χ1v) is 9.81. The molecule has 0 bridgehead atoms. The topological polar surface area (TPSA) is 41.6 Å².